The highest BCUT2D eigenvalue weighted by atomic mass is 32.1. The molecule has 1 heterocycles. The standard InChI is InChI=1S/C17H20N2O2S/c1-21-15-10-6-5-9-13(15)17-19-14(11-22-17)16(20)18-12-7-3-2-4-8-12/h5-6,9-12H,2-4,7-8H2,1H3,(H,18,20). The molecule has 0 aliphatic heterocycles. The Kier molecular flexibility index (Phi) is 4.73. The second-order valence-electron chi connectivity index (χ2n) is 5.55. The molecule has 1 N–H and O–H groups in total. The second kappa shape index (κ2) is 6.92. The molecule has 5 heteroatoms. The monoisotopic (exact) mass is 316 g/mol. The molecule has 0 bridgehead atoms. The van der Waals surface area contributed by atoms with Crippen LogP contribution in [0.5, 0.6) is 5.75 Å². The van der Waals surface area contributed by atoms with Crippen molar-refractivity contribution in [1.29, 1.82) is 0 Å². The fourth-order valence-electron chi connectivity index (χ4n) is 2.83. The molecule has 0 unspecified atom stereocenters. The van der Waals surface area contributed by atoms with E-state index >= 15 is 0 Å². The number of hydrogen-bond donors (Lipinski definition) is 1. The van der Waals surface area contributed by atoms with Crippen LogP contribution in [0.3, 0.4) is 0 Å². The predicted octanol–water partition coefficient (Wildman–Crippen LogP) is 3.88. The van der Waals surface area contributed by atoms with Crippen molar-refractivity contribution in [1.82, 2.24) is 10.3 Å². The van der Waals surface area contributed by atoms with Crippen LogP contribution in [-0.4, -0.2) is 24.0 Å². The molecule has 1 saturated carbocycles. The average molecular weight is 316 g/mol. The molecule has 2 aromatic rings. The number of thiazole rings is 1. The van der Waals surface area contributed by atoms with Crippen molar-refractivity contribution in [3.05, 3.63) is 35.3 Å². The molecule has 4 nitrogen and oxygen atoms in total. The van der Waals surface area contributed by atoms with Crippen molar-refractivity contribution < 1.29 is 9.53 Å². The van der Waals surface area contributed by atoms with E-state index in [1.807, 2.05) is 29.6 Å². The molecule has 3 rings (SSSR count). The van der Waals surface area contributed by atoms with E-state index in [2.05, 4.69) is 10.3 Å². The zero-order chi connectivity index (χ0) is 15.4. The van der Waals surface area contributed by atoms with Crippen LogP contribution in [-0.2, 0) is 0 Å². The van der Waals surface area contributed by atoms with Crippen molar-refractivity contribution in [2.45, 2.75) is 38.1 Å². The van der Waals surface area contributed by atoms with Crippen molar-refractivity contribution in [2.24, 2.45) is 0 Å². The predicted molar refractivity (Wildman–Crippen MR) is 88.4 cm³/mol. The number of nitrogens with one attached hydrogen (secondary N) is 1. The Hall–Kier alpha value is -1.88. The van der Waals surface area contributed by atoms with E-state index in [1.165, 1.54) is 30.6 Å². The van der Waals surface area contributed by atoms with Gasteiger partial charge in [0.15, 0.2) is 0 Å². The van der Waals surface area contributed by atoms with Gasteiger partial charge in [-0.05, 0) is 25.0 Å². The minimum Gasteiger partial charge on any atom is -0.496 e. The highest BCUT2D eigenvalue weighted by Gasteiger charge is 2.19. The zero-order valence-electron chi connectivity index (χ0n) is 12.7. The lowest BCUT2D eigenvalue weighted by Gasteiger charge is -2.22. The minimum atomic E-state index is -0.0655. The molecule has 0 spiro atoms. The van der Waals surface area contributed by atoms with E-state index in [0.29, 0.717) is 11.7 Å². The number of carbonyl (C=O) groups excluding carboxylic acids is 1. The zero-order valence-corrected chi connectivity index (χ0v) is 13.5. The van der Waals surface area contributed by atoms with Gasteiger partial charge in [-0.2, -0.15) is 0 Å². The van der Waals surface area contributed by atoms with E-state index in [9.17, 15) is 4.79 Å². The molecule has 1 amide bonds. The molecular weight excluding hydrogens is 296 g/mol. The first-order chi connectivity index (χ1) is 10.8. The Morgan fingerprint density at radius 2 is 2.05 bits per heavy atom. The van der Waals surface area contributed by atoms with E-state index in [0.717, 1.165) is 29.2 Å². The molecule has 1 aliphatic rings. The smallest absolute Gasteiger partial charge is 0.270 e. The number of amides is 1. The first-order valence-electron chi connectivity index (χ1n) is 7.67. The van der Waals surface area contributed by atoms with Crippen LogP contribution in [0.4, 0.5) is 0 Å². The van der Waals surface area contributed by atoms with Crippen molar-refractivity contribution >= 4 is 17.2 Å². The third-order valence-electron chi connectivity index (χ3n) is 4.01. The van der Waals surface area contributed by atoms with Gasteiger partial charge in [-0.1, -0.05) is 31.4 Å². The van der Waals surface area contributed by atoms with Crippen LogP contribution in [0, 0.1) is 0 Å². The van der Waals surface area contributed by atoms with Gasteiger partial charge in [0, 0.05) is 11.4 Å². The van der Waals surface area contributed by atoms with Crippen molar-refractivity contribution in [3.63, 3.8) is 0 Å². The second-order valence-corrected chi connectivity index (χ2v) is 6.40. The number of methoxy groups -OCH3 is 1. The molecular formula is C17H20N2O2S. The highest BCUT2D eigenvalue weighted by molar-refractivity contribution is 7.13. The summed E-state index contributed by atoms with van der Waals surface area (Å²) >= 11 is 1.47. The summed E-state index contributed by atoms with van der Waals surface area (Å²) in [5, 5.41) is 5.73. The maximum atomic E-state index is 12.3. The van der Waals surface area contributed by atoms with Gasteiger partial charge in [-0.25, -0.2) is 4.98 Å². The quantitative estimate of drug-likeness (QED) is 0.931. The van der Waals surface area contributed by atoms with Crippen LogP contribution in [0.1, 0.15) is 42.6 Å². The first-order valence-corrected chi connectivity index (χ1v) is 8.55. The maximum absolute atomic E-state index is 12.3. The number of ether oxygens (including phenoxy) is 1. The Balaban J connectivity index is 1.74. The number of para-hydroxylation sites is 1. The van der Waals surface area contributed by atoms with Gasteiger partial charge in [0.1, 0.15) is 16.5 Å². The number of rotatable bonds is 4. The SMILES string of the molecule is COc1ccccc1-c1nc(C(=O)NC2CCCCC2)cs1. The fraction of sp³-hybridized carbons (Fsp3) is 0.412. The number of hydrogen-bond acceptors (Lipinski definition) is 4. The van der Waals surface area contributed by atoms with Crippen LogP contribution >= 0.6 is 11.3 Å². The van der Waals surface area contributed by atoms with Crippen LogP contribution in [0.25, 0.3) is 10.6 Å². The van der Waals surface area contributed by atoms with Crippen LogP contribution < -0.4 is 10.1 Å². The highest BCUT2D eigenvalue weighted by Crippen LogP contribution is 2.31. The third kappa shape index (κ3) is 3.30. The number of benzene rings is 1. The lowest BCUT2D eigenvalue weighted by molar-refractivity contribution is 0.0923. The molecule has 116 valence electrons. The van der Waals surface area contributed by atoms with Gasteiger partial charge < -0.3 is 10.1 Å². The van der Waals surface area contributed by atoms with E-state index in [-0.39, 0.29) is 5.91 Å². The van der Waals surface area contributed by atoms with Gasteiger partial charge in [0.05, 0.1) is 12.7 Å². The summed E-state index contributed by atoms with van der Waals surface area (Å²) in [6.07, 6.45) is 5.84. The molecule has 1 fully saturated rings. The molecule has 0 atom stereocenters. The summed E-state index contributed by atoms with van der Waals surface area (Å²) in [4.78, 5) is 16.8. The first kappa shape index (κ1) is 15.0. The van der Waals surface area contributed by atoms with Gasteiger partial charge in [-0.15, -0.1) is 11.3 Å². The summed E-state index contributed by atoms with van der Waals surface area (Å²) in [6, 6.07) is 8.03. The van der Waals surface area contributed by atoms with Crippen LogP contribution in [0.2, 0.25) is 0 Å². The lowest BCUT2D eigenvalue weighted by Crippen LogP contribution is -2.36. The maximum Gasteiger partial charge on any atom is 0.270 e. The van der Waals surface area contributed by atoms with Gasteiger partial charge in [0.25, 0.3) is 5.91 Å². The summed E-state index contributed by atoms with van der Waals surface area (Å²) < 4.78 is 5.36. The molecule has 0 radical (unpaired) electrons. The van der Waals surface area contributed by atoms with Gasteiger partial charge >= 0.3 is 0 Å². The molecule has 1 aliphatic carbocycles. The Morgan fingerprint density at radius 3 is 2.82 bits per heavy atom. The molecule has 1 aromatic heterocycles. The van der Waals surface area contributed by atoms with E-state index < -0.39 is 0 Å². The number of carbonyl (C=O) groups is 1. The molecule has 22 heavy (non-hydrogen) atoms. The summed E-state index contributed by atoms with van der Waals surface area (Å²) in [6.45, 7) is 0. The largest absolute Gasteiger partial charge is 0.496 e. The Labute approximate surface area is 134 Å². The lowest BCUT2D eigenvalue weighted by atomic mass is 9.95. The summed E-state index contributed by atoms with van der Waals surface area (Å²) in [5.74, 6) is 0.709. The van der Waals surface area contributed by atoms with E-state index in [4.69, 9.17) is 4.74 Å². The average Bonchev–Trinajstić information content (AvgIpc) is 3.05. The summed E-state index contributed by atoms with van der Waals surface area (Å²) in [5.41, 5.74) is 1.42. The topological polar surface area (TPSA) is 51.2 Å². The normalized spacial score (nSPS) is 15.5. The van der Waals surface area contributed by atoms with Gasteiger partial charge in [-0.3, -0.25) is 4.79 Å². The Morgan fingerprint density at radius 1 is 1.27 bits per heavy atom. The van der Waals surface area contributed by atoms with Gasteiger partial charge in [0.2, 0.25) is 0 Å². The third-order valence-corrected chi connectivity index (χ3v) is 4.89. The van der Waals surface area contributed by atoms with Crippen molar-refractivity contribution in [2.75, 3.05) is 7.11 Å². The molecule has 1 aromatic carbocycles. The number of aromatic nitrogens is 1. The summed E-state index contributed by atoms with van der Waals surface area (Å²) in [7, 11) is 1.64. The van der Waals surface area contributed by atoms with E-state index in [1.54, 1.807) is 7.11 Å². The van der Waals surface area contributed by atoms with Crippen LogP contribution in [0.15, 0.2) is 29.6 Å². The van der Waals surface area contributed by atoms with Crippen molar-refractivity contribution in [3.8, 4) is 16.3 Å². The number of nitrogens with zero attached hydrogens (tertiary/aromatic N) is 1. The minimum absolute atomic E-state index is 0.0655. The Bertz CT molecular complexity index is 648. The fourth-order valence-corrected chi connectivity index (χ4v) is 3.66. The molecule has 0 saturated heterocycles.